The van der Waals surface area contributed by atoms with Crippen LogP contribution >= 0.6 is 0 Å². The number of carbonyl (C=O) groups is 1. The molecule has 0 aliphatic heterocycles. The summed E-state index contributed by atoms with van der Waals surface area (Å²) >= 11 is 0. The summed E-state index contributed by atoms with van der Waals surface area (Å²) in [4.78, 5) is 12.9. The Hall–Kier alpha value is -2.41. The van der Waals surface area contributed by atoms with Gasteiger partial charge in [0.05, 0.1) is 18.0 Å². The Bertz CT molecular complexity index is 1010. The molecule has 29 heavy (non-hydrogen) atoms. The molecular formula is C22H27FN2O3S. The number of amides is 1. The molecule has 1 aliphatic carbocycles. The zero-order valence-electron chi connectivity index (χ0n) is 17.0. The second kappa shape index (κ2) is 8.53. The number of halogens is 1. The molecule has 0 aromatic heterocycles. The van der Waals surface area contributed by atoms with Crippen molar-refractivity contribution in [2.75, 3.05) is 10.6 Å². The predicted octanol–water partition coefficient (Wildman–Crippen LogP) is 3.74. The third-order valence-electron chi connectivity index (χ3n) is 5.38. The van der Waals surface area contributed by atoms with Crippen LogP contribution in [0.1, 0.15) is 49.4 Å². The molecule has 1 amide bonds. The van der Waals surface area contributed by atoms with Crippen LogP contribution in [0.2, 0.25) is 0 Å². The minimum absolute atomic E-state index is 0.122. The molecule has 0 spiro atoms. The van der Waals surface area contributed by atoms with Gasteiger partial charge in [0, 0.05) is 0 Å². The quantitative estimate of drug-likeness (QED) is 0.777. The molecule has 156 valence electrons. The summed E-state index contributed by atoms with van der Waals surface area (Å²) in [7, 11) is -3.79. The average Bonchev–Trinajstić information content (AvgIpc) is 2.66. The van der Waals surface area contributed by atoms with E-state index in [9.17, 15) is 17.6 Å². The fraction of sp³-hybridized carbons (Fsp3) is 0.409. The van der Waals surface area contributed by atoms with E-state index in [4.69, 9.17) is 0 Å². The third kappa shape index (κ3) is 4.96. The van der Waals surface area contributed by atoms with Crippen molar-refractivity contribution in [3.63, 3.8) is 0 Å². The van der Waals surface area contributed by atoms with E-state index in [0.29, 0.717) is 0 Å². The molecule has 7 heteroatoms. The molecule has 0 radical (unpaired) electrons. The van der Waals surface area contributed by atoms with Gasteiger partial charge in [-0.3, -0.25) is 9.10 Å². The second-order valence-corrected chi connectivity index (χ2v) is 9.54. The number of anilines is 1. The van der Waals surface area contributed by atoms with Crippen molar-refractivity contribution in [1.82, 2.24) is 5.32 Å². The number of hydrogen-bond donors (Lipinski definition) is 1. The van der Waals surface area contributed by atoms with Gasteiger partial charge in [-0.1, -0.05) is 24.3 Å². The van der Waals surface area contributed by atoms with Crippen molar-refractivity contribution in [2.45, 2.75) is 51.6 Å². The zero-order valence-corrected chi connectivity index (χ0v) is 17.8. The molecule has 0 saturated carbocycles. The van der Waals surface area contributed by atoms with Gasteiger partial charge < -0.3 is 5.32 Å². The van der Waals surface area contributed by atoms with Gasteiger partial charge in [-0.05, 0) is 74.4 Å². The van der Waals surface area contributed by atoms with E-state index in [2.05, 4.69) is 17.4 Å². The van der Waals surface area contributed by atoms with Crippen molar-refractivity contribution in [1.29, 1.82) is 0 Å². The molecule has 2 atom stereocenters. The van der Waals surface area contributed by atoms with Crippen LogP contribution in [0.25, 0.3) is 0 Å². The molecule has 2 aromatic carbocycles. The molecule has 0 saturated heterocycles. The largest absolute Gasteiger partial charge is 0.348 e. The Labute approximate surface area is 172 Å². The van der Waals surface area contributed by atoms with Crippen molar-refractivity contribution >= 4 is 21.6 Å². The first-order valence-electron chi connectivity index (χ1n) is 9.84. The smallest absolute Gasteiger partial charge is 0.244 e. The van der Waals surface area contributed by atoms with Gasteiger partial charge in [0.15, 0.2) is 0 Å². The average molecular weight is 419 g/mol. The monoisotopic (exact) mass is 418 g/mol. The van der Waals surface area contributed by atoms with Gasteiger partial charge in [0.25, 0.3) is 0 Å². The van der Waals surface area contributed by atoms with E-state index in [1.165, 1.54) is 49.1 Å². The van der Waals surface area contributed by atoms with Gasteiger partial charge >= 0.3 is 0 Å². The molecule has 0 heterocycles. The Morgan fingerprint density at radius 2 is 1.76 bits per heavy atom. The number of carbonyl (C=O) groups excluding carboxylic acids is 1. The molecule has 0 bridgehead atoms. The van der Waals surface area contributed by atoms with Crippen LogP contribution in [0.15, 0.2) is 42.5 Å². The van der Waals surface area contributed by atoms with E-state index >= 15 is 0 Å². The minimum atomic E-state index is -3.79. The van der Waals surface area contributed by atoms with E-state index in [1.54, 1.807) is 0 Å². The van der Waals surface area contributed by atoms with E-state index in [0.717, 1.165) is 35.0 Å². The standard InChI is InChI=1S/C22H27FN2O3S/c1-15(18-12-11-17-7-4-5-8-19(17)13-18)24-22(26)16(2)25(29(3,27)28)21-10-6-9-20(23)14-21/h6,9-16H,4-5,7-8H2,1-3H3,(H,24,26)/t15-,16+/m0/s1. The third-order valence-corrected chi connectivity index (χ3v) is 6.62. The Morgan fingerprint density at radius 3 is 2.41 bits per heavy atom. The van der Waals surface area contributed by atoms with Crippen LogP contribution in [0.3, 0.4) is 0 Å². The van der Waals surface area contributed by atoms with E-state index in [1.807, 2.05) is 13.0 Å². The highest BCUT2D eigenvalue weighted by Crippen LogP contribution is 2.26. The number of hydrogen-bond acceptors (Lipinski definition) is 3. The van der Waals surface area contributed by atoms with Gasteiger partial charge in [-0.2, -0.15) is 0 Å². The van der Waals surface area contributed by atoms with Crippen molar-refractivity contribution in [2.24, 2.45) is 0 Å². The molecule has 0 fully saturated rings. The highest BCUT2D eigenvalue weighted by Gasteiger charge is 2.30. The van der Waals surface area contributed by atoms with Crippen molar-refractivity contribution in [3.05, 3.63) is 65.0 Å². The van der Waals surface area contributed by atoms with Crippen molar-refractivity contribution in [3.8, 4) is 0 Å². The number of fused-ring (bicyclic) bond motifs is 1. The number of sulfonamides is 1. The lowest BCUT2D eigenvalue weighted by Crippen LogP contribution is -2.48. The van der Waals surface area contributed by atoms with Crippen molar-refractivity contribution < 1.29 is 17.6 Å². The highest BCUT2D eigenvalue weighted by molar-refractivity contribution is 7.92. The summed E-state index contributed by atoms with van der Waals surface area (Å²) in [6.07, 6.45) is 5.52. The van der Waals surface area contributed by atoms with Gasteiger partial charge in [-0.15, -0.1) is 0 Å². The van der Waals surface area contributed by atoms with Gasteiger partial charge in [0.2, 0.25) is 15.9 Å². The molecule has 0 unspecified atom stereocenters. The summed E-state index contributed by atoms with van der Waals surface area (Å²) in [6, 6.07) is 10.2. The Balaban J connectivity index is 1.79. The predicted molar refractivity (Wildman–Crippen MR) is 113 cm³/mol. The van der Waals surface area contributed by atoms with Gasteiger partial charge in [0.1, 0.15) is 11.9 Å². The molecular weight excluding hydrogens is 391 g/mol. The molecule has 2 aromatic rings. The number of nitrogens with one attached hydrogen (secondary N) is 1. The Kier molecular flexibility index (Phi) is 6.27. The number of rotatable bonds is 6. The van der Waals surface area contributed by atoms with Crippen LogP contribution < -0.4 is 9.62 Å². The van der Waals surface area contributed by atoms with E-state index in [-0.39, 0.29) is 11.7 Å². The lowest BCUT2D eigenvalue weighted by Gasteiger charge is -2.29. The Morgan fingerprint density at radius 1 is 1.07 bits per heavy atom. The van der Waals surface area contributed by atoms with Crippen LogP contribution in [0, 0.1) is 5.82 Å². The lowest BCUT2D eigenvalue weighted by molar-refractivity contribution is -0.122. The maximum Gasteiger partial charge on any atom is 0.244 e. The van der Waals surface area contributed by atoms with Crippen LogP contribution in [0.5, 0.6) is 0 Å². The normalized spacial score (nSPS) is 15.9. The first-order chi connectivity index (χ1) is 13.7. The number of nitrogens with zero attached hydrogens (tertiary/aromatic N) is 1. The fourth-order valence-corrected chi connectivity index (χ4v) is 5.03. The van der Waals surface area contributed by atoms with Crippen LogP contribution in [-0.4, -0.2) is 26.6 Å². The molecule has 1 aliphatic rings. The van der Waals surface area contributed by atoms with Gasteiger partial charge in [-0.25, -0.2) is 12.8 Å². The summed E-state index contributed by atoms with van der Waals surface area (Å²) in [5, 5.41) is 2.90. The van der Waals surface area contributed by atoms with E-state index < -0.39 is 27.8 Å². The fourth-order valence-electron chi connectivity index (χ4n) is 3.86. The molecule has 1 N–H and O–H groups in total. The summed E-state index contributed by atoms with van der Waals surface area (Å²) in [5.41, 5.74) is 3.79. The maximum absolute atomic E-state index is 13.6. The lowest BCUT2D eigenvalue weighted by atomic mass is 9.89. The maximum atomic E-state index is 13.6. The topological polar surface area (TPSA) is 66.5 Å². The number of aryl methyl sites for hydroxylation is 2. The highest BCUT2D eigenvalue weighted by atomic mass is 32.2. The van der Waals surface area contributed by atoms with Crippen LogP contribution in [0.4, 0.5) is 10.1 Å². The number of benzene rings is 2. The zero-order chi connectivity index (χ0) is 21.2. The summed E-state index contributed by atoms with van der Waals surface area (Å²) < 4.78 is 39.2. The first-order valence-corrected chi connectivity index (χ1v) is 11.7. The summed E-state index contributed by atoms with van der Waals surface area (Å²) in [6.45, 7) is 3.38. The minimum Gasteiger partial charge on any atom is -0.348 e. The molecule has 5 nitrogen and oxygen atoms in total. The van der Waals surface area contributed by atoms with Crippen LogP contribution in [-0.2, 0) is 27.7 Å². The first kappa shape index (κ1) is 21.3. The second-order valence-electron chi connectivity index (χ2n) is 7.68. The molecule has 3 rings (SSSR count). The SMILES string of the molecule is C[C@H](NC(=O)[C@@H](C)N(c1cccc(F)c1)S(C)(=O)=O)c1ccc2c(c1)CCCC2. The summed E-state index contributed by atoms with van der Waals surface area (Å²) in [5.74, 6) is -1.00.